The van der Waals surface area contributed by atoms with Crippen LogP contribution in [0.1, 0.15) is 42.4 Å². The van der Waals surface area contributed by atoms with Crippen molar-refractivity contribution in [3.8, 4) is 5.75 Å². The summed E-state index contributed by atoms with van der Waals surface area (Å²) in [6, 6.07) is 8.84. The van der Waals surface area contributed by atoms with Crippen LogP contribution in [-0.2, 0) is 43.2 Å². The van der Waals surface area contributed by atoms with E-state index in [9.17, 15) is 34.4 Å². The summed E-state index contributed by atoms with van der Waals surface area (Å²) < 4.78 is 5.28. The quantitative estimate of drug-likeness (QED) is 0.0656. The molecule has 2 aromatic carbocycles. The zero-order valence-corrected chi connectivity index (χ0v) is 24.1. The number of unbranched alkanes of at least 4 members (excludes halogenated alkanes) is 3. The number of aliphatic hydroxyl groups excluding tert-OH is 1. The first-order valence-corrected chi connectivity index (χ1v) is 14.6. The van der Waals surface area contributed by atoms with E-state index in [0.717, 1.165) is 36.1 Å². The summed E-state index contributed by atoms with van der Waals surface area (Å²) in [4.78, 5) is 62.1. The number of carbonyl (C=O) groups excluding carboxylic acids is 4. The van der Waals surface area contributed by atoms with E-state index in [1.807, 2.05) is 24.3 Å². The second kappa shape index (κ2) is 14.8. The molecule has 4 rings (SSSR count). The molecule has 0 bridgehead atoms. The highest BCUT2D eigenvalue weighted by Crippen LogP contribution is 2.30. The lowest BCUT2D eigenvalue weighted by molar-refractivity contribution is -0.385. The smallest absolute Gasteiger partial charge is 0.310 e. The lowest BCUT2D eigenvalue weighted by Gasteiger charge is -2.25. The zero-order valence-electron chi connectivity index (χ0n) is 24.1. The second-order valence-corrected chi connectivity index (χ2v) is 11.1. The van der Waals surface area contributed by atoms with Crippen molar-refractivity contribution >= 4 is 29.3 Å². The number of ether oxygens (including phenoxy) is 1. The summed E-state index contributed by atoms with van der Waals surface area (Å²) >= 11 is 0. The Hall–Kier alpha value is -4.56. The van der Waals surface area contributed by atoms with Gasteiger partial charge in [-0.2, -0.15) is 0 Å². The number of benzene rings is 2. The van der Waals surface area contributed by atoms with Crippen molar-refractivity contribution in [3.05, 3.63) is 69.3 Å². The van der Waals surface area contributed by atoms with Crippen molar-refractivity contribution in [2.45, 2.75) is 69.2 Å². The van der Waals surface area contributed by atoms with Gasteiger partial charge in [0.05, 0.1) is 4.92 Å². The minimum Gasteiger partial charge on any atom is -0.502 e. The van der Waals surface area contributed by atoms with Gasteiger partial charge >= 0.3 is 5.69 Å². The number of hydrogen-bond acceptors (Lipinski definition) is 9. The number of amides is 4. The zero-order chi connectivity index (χ0) is 31.8. The molecule has 236 valence electrons. The van der Waals surface area contributed by atoms with Crippen LogP contribution < -0.4 is 21.7 Å². The maximum Gasteiger partial charge on any atom is 0.310 e. The summed E-state index contributed by atoms with van der Waals surface area (Å²) in [7, 11) is 0. The van der Waals surface area contributed by atoms with Crippen LogP contribution >= 0.6 is 0 Å². The van der Waals surface area contributed by atoms with E-state index in [0.29, 0.717) is 32.2 Å². The van der Waals surface area contributed by atoms with Crippen LogP contribution in [0.5, 0.6) is 5.75 Å². The van der Waals surface area contributed by atoms with Crippen molar-refractivity contribution < 1.29 is 39.1 Å². The number of phenols is 1. The Bertz CT molecular complexity index is 1380. The molecule has 2 aromatic rings. The first-order valence-electron chi connectivity index (χ1n) is 14.6. The first-order chi connectivity index (χ1) is 21.1. The van der Waals surface area contributed by atoms with E-state index in [1.165, 1.54) is 6.07 Å². The monoisotopic (exact) mass is 611 g/mol. The van der Waals surface area contributed by atoms with E-state index in [2.05, 4.69) is 16.0 Å². The highest BCUT2D eigenvalue weighted by molar-refractivity contribution is 5.97. The normalized spacial score (nSPS) is 18.5. The predicted molar refractivity (Wildman–Crippen MR) is 156 cm³/mol. The third-order valence-electron chi connectivity index (χ3n) is 7.86. The maximum atomic E-state index is 13.6. The highest BCUT2D eigenvalue weighted by Gasteiger charge is 2.51. The van der Waals surface area contributed by atoms with Crippen molar-refractivity contribution in [3.63, 3.8) is 0 Å². The minimum atomic E-state index is -1.32. The number of aliphatic hydroxyl groups is 1. The average molecular weight is 612 g/mol. The van der Waals surface area contributed by atoms with Crippen LogP contribution in [0.2, 0.25) is 0 Å². The predicted octanol–water partition coefficient (Wildman–Crippen LogP) is 0.149. The molecule has 0 aromatic heterocycles. The molecule has 1 fully saturated rings. The van der Waals surface area contributed by atoms with Crippen LogP contribution in [0, 0.1) is 16.0 Å². The molecule has 1 aliphatic carbocycles. The fourth-order valence-corrected chi connectivity index (χ4v) is 5.46. The number of rotatable bonds is 16. The number of fused-ring (bicyclic) bond motifs is 1. The Balaban J connectivity index is 1.43. The number of nitrogens with two attached hydrogens (primary N) is 1. The number of nitrogens with zero attached hydrogens (tertiary/aromatic N) is 1. The SMILES string of the molecule is NC(=O)[C@H](NC(=O)[C@@H](Cc1ccc(O)c([N+](=O)[O-])c1)NC(=O)[C@H]1O[C@@H]1C(=O)NCCCCCCO)C1Cc2ccccc2C1. The summed E-state index contributed by atoms with van der Waals surface area (Å²) in [5.74, 6) is -3.60. The third-order valence-corrected chi connectivity index (χ3v) is 7.86. The third kappa shape index (κ3) is 8.29. The fraction of sp³-hybridized carbons (Fsp3) is 0.467. The number of nitro benzene ring substituents is 1. The Kier molecular flexibility index (Phi) is 10.8. The largest absolute Gasteiger partial charge is 0.502 e. The molecular formula is C30H37N5O9. The van der Waals surface area contributed by atoms with E-state index in [1.54, 1.807) is 0 Å². The van der Waals surface area contributed by atoms with Gasteiger partial charge in [-0.05, 0) is 54.4 Å². The lowest BCUT2D eigenvalue weighted by atomic mass is 9.95. The topological polar surface area (TPSA) is 227 Å². The summed E-state index contributed by atoms with van der Waals surface area (Å²) in [5, 5.41) is 37.9. The van der Waals surface area contributed by atoms with Gasteiger partial charge in [-0.15, -0.1) is 0 Å². The molecule has 4 amide bonds. The standard InChI is InChI=1S/C30H37N5O9/c31-27(38)24(20-15-18-7-3-4-8-19(18)16-20)34-28(39)21(13-17-9-10-23(37)22(14-17)35(42)43)33-30(41)26-25(44-26)29(40)32-11-5-1-2-6-12-36/h3-4,7-10,14,20-21,24-26,36-37H,1-2,5-6,11-13,15-16H2,(H2,31,38)(H,32,40)(H,33,41)(H,34,39)/t21-,24-,25+,26+/m1/s1. The molecule has 14 nitrogen and oxygen atoms in total. The molecule has 0 unspecified atom stereocenters. The molecule has 7 N–H and O–H groups in total. The van der Waals surface area contributed by atoms with Gasteiger partial charge in [0.25, 0.3) is 11.8 Å². The van der Waals surface area contributed by atoms with E-state index in [4.69, 9.17) is 15.6 Å². The highest BCUT2D eigenvalue weighted by atomic mass is 16.6. The molecule has 1 saturated heterocycles. The van der Waals surface area contributed by atoms with Crippen LogP contribution in [0.15, 0.2) is 42.5 Å². The Labute approximate surface area is 253 Å². The number of primary amides is 1. The molecule has 0 spiro atoms. The lowest BCUT2D eigenvalue weighted by Crippen LogP contribution is -2.56. The van der Waals surface area contributed by atoms with Crippen LogP contribution in [-0.4, -0.2) is 76.2 Å². The number of hydrogen-bond donors (Lipinski definition) is 6. The molecule has 1 heterocycles. The second-order valence-electron chi connectivity index (χ2n) is 11.1. The van der Waals surface area contributed by atoms with Crippen molar-refractivity contribution in [2.75, 3.05) is 13.2 Å². The number of epoxide rings is 1. The average Bonchev–Trinajstić information content (AvgIpc) is 3.69. The maximum absolute atomic E-state index is 13.6. The Morgan fingerprint density at radius 2 is 1.64 bits per heavy atom. The van der Waals surface area contributed by atoms with Crippen LogP contribution in [0.25, 0.3) is 0 Å². The molecule has 44 heavy (non-hydrogen) atoms. The van der Waals surface area contributed by atoms with Crippen LogP contribution in [0.3, 0.4) is 0 Å². The summed E-state index contributed by atoms with van der Waals surface area (Å²) in [5.41, 5.74) is 7.45. The van der Waals surface area contributed by atoms with E-state index < -0.39 is 64.3 Å². The minimum absolute atomic E-state index is 0.111. The first kappa shape index (κ1) is 32.4. The molecule has 0 radical (unpaired) electrons. The number of phenolic OH excluding ortho intramolecular Hbond substituents is 1. The molecule has 2 aliphatic rings. The van der Waals surface area contributed by atoms with Gasteiger partial charge < -0.3 is 36.6 Å². The number of nitro groups is 1. The molecule has 1 aliphatic heterocycles. The van der Waals surface area contributed by atoms with Gasteiger partial charge in [0.1, 0.15) is 12.1 Å². The van der Waals surface area contributed by atoms with Gasteiger partial charge in [-0.1, -0.05) is 43.2 Å². The molecular weight excluding hydrogens is 574 g/mol. The van der Waals surface area contributed by atoms with Gasteiger partial charge in [0.15, 0.2) is 18.0 Å². The number of nitrogens with one attached hydrogen (secondary N) is 3. The summed E-state index contributed by atoms with van der Waals surface area (Å²) in [6.45, 7) is 0.489. The summed E-state index contributed by atoms with van der Waals surface area (Å²) in [6.07, 6.45) is 1.64. The Morgan fingerprint density at radius 1 is 0.977 bits per heavy atom. The van der Waals surface area contributed by atoms with Gasteiger partial charge in [0, 0.05) is 25.6 Å². The fourth-order valence-electron chi connectivity index (χ4n) is 5.46. The van der Waals surface area contributed by atoms with E-state index >= 15 is 0 Å². The molecule has 0 saturated carbocycles. The van der Waals surface area contributed by atoms with Gasteiger partial charge in [-0.25, -0.2) is 0 Å². The van der Waals surface area contributed by atoms with E-state index in [-0.39, 0.29) is 24.5 Å². The molecule has 4 atom stereocenters. The van der Waals surface area contributed by atoms with Crippen molar-refractivity contribution in [2.24, 2.45) is 11.7 Å². The van der Waals surface area contributed by atoms with Crippen molar-refractivity contribution in [1.29, 1.82) is 0 Å². The van der Waals surface area contributed by atoms with Crippen LogP contribution in [0.4, 0.5) is 5.69 Å². The Morgan fingerprint density at radius 3 is 2.27 bits per heavy atom. The molecule has 14 heteroatoms. The van der Waals surface area contributed by atoms with Crippen molar-refractivity contribution in [1.82, 2.24) is 16.0 Å². The van der Waals surface area contributed by atoms with Gasteiger partial charge in [0.2, 0.25) is 11.8 Å². The van der Waals surface area contributed by atoms with Gasteiger partial charge in [-0.3, -0.25) is 29.3 Å². The number of carbonyl (C=O) groups is 4. The number of aromatic hydroxyl groups is 1.